The normalized spacial score (nSPS) is 10.2. The molecule has 0 spiro atoms. The van der Waals surface area contributed by atoms with Crippen molar-refractivity contribution in [2.24, 2.45) is 0 Å². The van der Waals surface area contributed by atoms with Gasteiger partial charge in [-0.1, -0.05) is 0 Å². The molecule has 0 aliphatic carbocycles. The lowest BCUT2D eigenvalue weighted by molar-refractivity contribution is 0.661. The average Bonchev–Trinajstić information content (AvgIpc) is 2.47. The number of hydrogen-bond donors (Lipinski definition) is 2. The molecule has 12 heavy (non-hydrogen) atoms. The minimum atomic E-state index is 0.753. The number of nitrogens with zero attached hydrogens (tertiary/aromatic N) is 3. The molecule has 0 atom stereocenters. The van der Waals surface area contributed by atoms with E-state index in [2.05, 4.69) is 27.8 Å². The highest BCUT2D eigenvalue weighted by Crippen LogP contribution is 2.05. The maximum absolute atomic E-state index is 4.04. The molecule has 0 saturated heterocycles. The van der Waals surface area contributed by atoms with Crippen molar-refractivity contribution in [3.05, 3.63) is 5.82 Å². The molecule has 0 fully saturated rings. The Balaban J connectivity index is 2.88. The first-order valence-electron chi connectivity index (χ1n) is 4.07. The van der Waals surface area contributed by atoms with Crippen molar-refractivity contribution in [1.29, 1.82) is 0 Å². The maximum atomic E-state index is 4.04. The third-order valence-corrected chi connectivity index (χ3v) is 1.70. The summed E-state index contributed by atoms with van der Waals surface area (Å²) in [6.45, 7) is 3.71. The van der Waals surface area contributed by atoms with E-state index in [1.807, 2.05) is 18.7 Å². The standard InChI is InChI=1S/C7H15N5/c1-4-12-6(5-8-2)10-11-7(12)9-3/h8H,4-5H2,1-3H3,(H,9,11). The van der Waals surface area contributed by atoms with Gasteiger partial charge in [0, 0.05) is 13.6 Å². The van der Waals surface area contributed by atoms with Crippen LogP contribution >= 0.6 is 0 Å². The van der Waals surface area contributed by atoms with Gasteiger partial charge in [0.05, 0.1) is 6.54 Å². The lowest BCUT2D eigenvalue weighted by atomic mass is 10.5. The van der Waals surface area contributed by atoms with Gasteiger partial charge < -0.3 is 10.6 Å². The van der Waals surface area contributed by atoms with E-state index >= 15 is 0 Å². The van der Waals surface area contributed by atoms with Crippen molar-refractivity contribution in [2.75, 3.05) is 19.4 Å². The number of rotatable bonds is 4. The van der Waals surface area contributed by atoms with E-state index in [0.29, 0.717) is 0 Å². The van der Waals surface area contributed by atoms with Crippen LogP contribution in [0.25, 0.3) is 0 Å². The van der Waals surface area contributed by atoms with Crippen molar-refractivity contribution >= 4 is 5.95 Å². The van der Waals surface area contributed by atoms with Gasteiger partial charge in [0.25, 0.3) is 0 Å². The van der Waals surface area contributed by atoms with Gasteiger partial charge in [0.15, 0.2) is 0 Å². The average molecular weight is 169 g/mol. The fourth-order valence-electron chi connectivity index (χ4n) is 1.14. The van der Waals surface area contributed by atoms with Gasteiger partial charge in [-0.15, -0.1) is 10.2 Å². The van der Waals surface area contributed by atoms with Crippen LogP contribution in [0, 0.1) is 0 Å². The summed E-state index contributed by atoms with van der Waals surface area (Å²) in [6, 6.07) is 0. The van der Waals surface area contributed by atoms with E-state index in [1.165, 1.54) is 0 Å². The Morgan fingerprint density at radius 3 is 2.58 bits per heavy atom. The zero-order valence-electron chi connectivity index (χ0n) is 7.76. The minimum absolute atomic E-state index is 0.753. The zero-order chi connectivity index (χ0) is 8.97. The van der Waals surface area contributed by atoms with E-state index in [-0.39, 0.29) is 0 Å². The summed E-state index contributed by atoms with van der Waals surface area (Å²) in [4.78, 5) is 0. The molecule has 5 nitrogen and oxygen atoms in total. The van der Waals surface area contributed by atoms with Crippen LogP contribution in [0.2, 0.25) is 0 Å². The second-order valence-electron chi connectivity index (χ2n) is 2.46. The molecular formula is C7H15N5. The Kier molecular flexibility index (Phi) is 3.04. The van der Waals surface area contributed by atoms with Crippen molar-refractivity contribution in [1.82, 2.24) is 20.1 Å². The molecule has 1 aromatic rings. The van der Waals surface area contributed by atoms with Crippen LogP contribution in [0.5, 0.6) is 0 Å². The van der Waals surface area contributed by atoms with Gasteiger partial charge in [0.2, 0.25) is 5.95 Å². The molecule has 0 amide bonds. The number of nitrogens with one attached hydrogen (secondary N) is 2. The number of anilines is 1. The predicted molar refractivity (Wildman–Crippen MR) is 48.0 cm³/mol. The summed E-state index contributed by atoms with van der Waals surface area (Å²) in [6.07, 6.45) is 0. The van der Waals surface area contributed by atoms with Crippen molar-refractivity contribution in [3.63, 3.8) is 0 Å². The van der Waals surface area contributed by atoms with Crippen LogP contribution < -0.4 is 10.6 Å². The lowest BCUT2D eigenvalue weighted by Crippen LogP contribution is -2.12. The smallest absolute Gasteiger partial charge is 0.224 e. The first-order chi connectivity index (χ1) is 5.83. The second kappa shape index (κ2) is 4.06. The fraction of sp³-hybridized carbons (Fsp3) is 0.714. The monoisotopic (exact) mass is 169 g/mol. The Hall–Kier alpha value is -1.10. The van der Waals surface area contributed by atoms with Gasteiger partial charge in [-0.3, -0.25) is 4.57 Å². The van der Waals surface area contributed by atoms with Gasteiger partial charge >= 0.3 is 0 Å². The highest BCUT2D eigenvalue weighted by molar-refractivity contribution is 5.24. The van der Waals surface area contributed by atoms with Crippen LogP contribution in [0.4, 0.5) is 5.95 Å². The largest absolute Gasteiger partial charge is 0.357 e. The van der Waals surface area contributed by atoms with E-state index in [4.69, 9.17) is 0 Å². The van der Waals surface area contributed by atoms with Gasteiger partial charge in [-0.25, -0.2) is 0 Å². The molecule has 0 bridgehead atoms. The van der Waals surface area contributed by atoms with Crippen molar-refractivity contribution < 1.29 is 0 Å². The van der Waals surface area contributed by atoms with Crippen LogP contribution in [-0.2, 0) is 13.1 Å². The summed E-state index contributed by atoms with van der Waals surface area (Å²) in [7, 11) is 3.74. The molecule has 0 saturated carbocycles. The van der Waals surface area contributed by atoms with E-state index in [1.54, 1.807) is 0 Å². The lowest BCUT2D eigenvalue weighted by Gasteiger charge is -2.05. The molecule has 68 valence electrons. The summed E-state index contributed by atoms with van der Waals surface area (Å²) in [5, 5.41) is 14.1. The molecular weight excluding hydrogens is 154 g/mol. The summed E-state index contributed by atoms with van der Waals surface area (Å²) in [5.41, 5.74) is 0. The molecule has 1 rings (SSSR count). The molecule has 0 radical (unpaired) electrons. The topological polar surface area (TPSA) is 54.8 Å². The number of hydrogen-bond acceptors (Lipinski definition) is 4. The van der Waals surface area contributed by atoms with E-state index < -0.39 is 0 Å². The quantitative estimate of drug-likeness (QED) is 0.669. The Morgan fingerprint density at radius 1 is 1.33 bits per heavy atom. The van der Waals surface area contributed by atoms with Crippen LogP contribution in [0.15, 0.2) is 0 Å². The first-order valence-corrected chi connectivity index (χ1v) is 4.07. The van der Waals surface area contributed by atoms with Crippen LogP contribution in [0.1, 0.15) is 12.7 Å². The molecule has 0 aliphatic heterocycles. The first kappa shape index (κ1) is 8.99. The Labute approximate surface area is 72.2 Å². The molecule has 1 aromatic heterocycles. The van der Waals surface area contributed by atoms with Crippen LogP contribution in [0.3, 0.4) is 0 Å². The molecule has 1 heterocycles. The summed E-state index contributed by atoms with van der Waals surface area (Å²) < 4.78 is 2.04. The molecule has 2 N–H and O–H groups in total. The Bertz CT molecular complexity index is 242. The van der Waals surface area contributed by atoms with E-state index in [0.717, 1.165) is 24.9 Å². The summed E-state index contributed by atoms with van der Waals surface area (Å²) >= 11 is 0. The highest BCUT2D eigenvalue weighted by Gasteiger charge is 2.06. The molecule has 0 unspecified atom stereocenters. The predicted octanol–water partition coefficient (Wildman–Crippen LogP) is 0.0591. The zero-order valence-corrected chi connectivity index (χ0v) is 7.76. The summed E-state index contributed by atoms with van der Waals surface area (Å²) in [5.74, 6) is 1.78. The second-order valence-corrected chi connectivity index (χ2v) is 2.46. The molecule has 0 aliphatic rings. The maximum Gasteiger partial charge on any atom is 0.224 e. The fourth-order valence-corrected chi connectivity index (χ4v) is 1.14. The van der Waals surface area contributed by atoms with Crippen molar-refractivity contribution in [3.8, 4) is 0 Å². The third-order valence-electron chi connectivity index (χ3n) is 1.70. The Morgan fingerprint density at radius 2 is 2.08 bits per heavy atom. The SMILES string of the molecule is CCn1c(CNC)nnc1NC. The molecule has 5 heteroatoms. The van der Waals surface area contributed by atoms with E-state index in [9.17, 15) is 0 Å². The number of aromatic nitrogens is 3. The van der Waals surface area contributed by atoms with Gasteiger partial charge in [-0.2, -0.15) is 0 Å². The molecule has 0 aromatic carbocycles. The van der Waals surface area contributed by atoms with Gasteiger partial charge in [-0.05, 0) is 14.0 Å². The van der Waals surface area contributed by atoms with Gasteiger partial charge in [0.1, 0.15) is 5.82 Å². The third kappa shape index (κ3) is 1.55. The van der Waals surface area contributed by atoms with Crippen LogP contribution in [-0.4, -0.2) is 28.9 Å². The minimum Gasteiger partial charge on any atom is -0.357 e. The van der Waals surface area contributed by atoms with Crippen molar-refractivity contribution in [2.45, 2.75) is 20.0 Å². The highest BCUT2D eigenvalue weighted by atomic mass is 15.3.